The quantitative estimate of drug-likeness (QED) is 0.881. The van der Waals surface area contributed by atoms with Crippen LogP contribution in [0.1, 0.15) is 17.3 Å². The van der Waals surface area contributed by atoms with E-state index in [0.717, 1.165) is 6.07 Å². The molecule has 1 aromatic carbocycles. The molecule has 0 radical (unpaired) electrons. The van der Waals surface area contributed by atoms with Gasteiger partial charge in [0.15, 0.2) is 0 Å². The summed E-state index contributed by atoms with van der Waals surface area (Å²) in [4.78, 5) is 13.2. The van der Waals surface area contributed by atoms with E-state index in [1.165, 1.54) is 17.0 Å². The molecule has 0 spiro atoms. The lowest BCUT2D eigenvalue weighted by molar-refractivity contribution is 0.0727. The van der Waals surface area contributed by atoms with Crippen LogP contribution in [0.4, 0.5) is 4.39 Å². The molecule has 1 amide bonds. The van der Waals surface area contributed by atoms with Crippen molar-refractivity contribution in [3.63, 3.8) is 0 Å². The molecular weight excluding hydrogens is 233 g/mol. The third-order valence-electron chi connectivity index (χ3n) is 2.20. The summed E-state index contributed by atoms with van der Waals surface area (Å²) in [6, 6.07) is 3.83. The predicted molar refractivity (Wildman–Crippen MR) is 60.1 cm³/mol. The molecule has 0 atom stereocenters. The average molecular weight is 246 g/mol. The highest BCUT2D eigenvalue weighted by atomic mass is 35.5. The average Bonchev–Trinajstić information content (AvgIpc) is 2.28. The zero-order valence-electron chi connectivity index (χ0n) is 8.91. The normalized spacial score (nSPS) is 10.2. The number of hydrogen-bond donors (Lipinski definition) is 1. The summed E-state index contributed by atoms with van der Waals surface area (Å²) in [5.41, 5.74) is -0.0669. The van der Waals surface area contributed by atoms with Crippen molar-refractivity contribution in [3.8, 4) is 0 Å². The van der Waals surface area contributed by atoms with E-state index in [1.807, 2.05) is 0 Å². The maximum absolute atomic E-state index is 13.4. The first kappa shape index (κ1) is 12.9. The summed E-state index contributed by atoms with van der Waals surface area (Å²) < 4.78 is 13.4. The first-order valence-corrected chi connectivity index (χ1v) is 5.33. The molecule has 1 rings (SSSR count). The van der Waals surface area contributed by atoms with Crippen molar-refractivity contribution in [2.75, 3.05) is 19.7 Å². The monoisotopic (exact) mass is 245 g/mol. The van der Waals surface area contributed by atoms with Gasteiger partial charge >= 0.3 is 0 Å². The number of aliphatic hydroxyl groups is 1. The van der Waals surface area contributed by atoms with Gasteiger partial charge in [-0.3, -0.25) is 4.79 Å². The van der Waals surface area contributed by atoms with Gasteiger partial charge in [-0.25, -0.2) is 4.39 Å². The molecule has 3 nitrogen and oxygen atoms in total. The van der Waals surface area contributed by atoms with Crippen molar-refractivity contribution in [1.82, 2.24) is 4.90 Å². The van der Waals surface area contributed by atoms with E-state index in [1.54, 1.807) is 6.92 Å². The van der Waals surface area contributed by atoms with Crippen LogP contribution in [0.5, 0.6) is 0 Å². The van der Waals surface area contributed by atoms with E-state index < -0.39 is 11.7 Å². The Morgan fingerprint density at radius 1 is 1.56 bits per heavy atom. The third-order valence-corrected chi connectivity index (χ3v) is 2.43. The second-order valence-corrected chi connectivity index (χ2v) is 3.67. The molecule has 0 bridgehead atoms. The molecule has 0 unspecified atom stereocenters. The molecule has 1 aromatic rings. The van der Waals surface area contributed by atoms with Crippen LogP contribution >= 0.6 is 11.6 Å². The van der Waals surface area contributed by atoms with Crippen LogP contribution in [0.2, 0.25) is 5.02 Å². The Labute approximate surface area is 98.4 Å². The first-order chi connectivity index (χ1) is 7.60. The van der Waals surface area contributed by atoms with Crippen LogP contribution in [0, 0.1) is 5.82 Å². The molecule has 1 N–H and O–H groups in total. The van der Waals surface area contributed by atoms with Crippen molar-refractivity contribution in [3.05, 3.63) is 34.6 Å². The van der Waals surface area contributed by atoms with E-state index >= 15 is 0 Å². The van der Waals surface area contributed by atoms with Gasteiger partial charge in [-0.05, 0) is 25.1 Å². The highest BCUT2D eigenvalue weighted by Gasteiger charge is 2.17. The minimum atomic E-state index is -0.606. The minimum absolute atomic E-state index is 0.0669. The Bertz CT molecular complexity index is 384. The number of rotatable bonds is 4. The maximum atomic E-state index is 13.4. The Kier molecular flexibility index (Phi) is 4.71. The van der Waals surface area contributed by atoms with Crippen LogP contribution in [0.25, 0.3) is 0 Å². The Balaban J connectivity index is 2.98. The number of halogens is 2. The van der Waals surface area contributed by atoms with Gasteiger partial charge in [0.2, 0.25) is 0 Å². The second kappa shape index (κ2) is 5.82. The Morgan fingerprint density at radius 3 is 2.81 bits per heavy atom. The molecule has 0 heterocycles. The van der Waals surface area contributed by atoms with Crippen LogP contribution in [0.3, 0.4) is 0 Å². The van der Waals surface area contributed by atoms with Crippen molar-refractivity contribution in [1.29, 1.82) is 0 Å². The largest absolute Gasteiger partial charge is 0.395 e. The number of likely N-dealkylation sites (N-methyl/N-ethyl adjacent to an activating group) is 1. The third kappa shape index (κ3) is 2.93. The van der Waals surface area contributed by atoms with Crippen molar-refractivity contribution < 1.29 is 14.3 Å². The molecule has 0 aliphatic carbocycles. The van der Waals surface area contributed by atoms with E-state index in [0.29, 0.717) is 11.6 Å². The number of benzene rings is 1. The highest BCUT2D eigenvalue weighted by Crippen LogP contribution is 2.16. The fourth-order valence-electron chi connectivity index (χ4n) is 1.36. The van der Waals surface area contributed by atoms with E-state index in [9.17, 15) is 9.18 Å². The molecule has 0 aromatic heterocycles. The lowest BCUT2D eigenvalue weighted by Gasteiger charge is -2.19. The summed E-state index contributed by atoms with van der Waals surface area (Å²) in [5, 5.41) is 9.08. The molecule has 5 heteroatoms. The highest BCUT2D eigenvalue weighted by molar-refractivity contribution is 6.30. The molecule has 0 aliphatic heterocycles. The van der Waals surface area contributed by atoms with E-state index in [2.05, 4.69) is 0 Å². The van der Waals surface area contributed by atoms with E-state index in [4.69, 9.17) is 16.7 Å². The van der Waals surface area contributed by atoms with Crippen molar-refractivity contribution in [2.24, 2.45) is 0 Å². The molecular formula is C11H13ClFNO2. The molecule has 0 saturated carbocycles. The van der Waals surface area contributed by atoms with E-state index in [-0.39, 0.29) is 18.7 Å². The Hall–Kier alpha value is -1.13. The number of amides is 1. The van der Waals surface area contributed by atoms with Crippen molar-refractivity contribution >= 4 is 17.5 Å². The topological polar surface area (TPSA) is 40.5 Å². The molecule has 16 heavy (non-hydrogen) atoms. The van der Waals surface area contributed by atoms with Crippen molar-refractivity contribution in [2.45, 2.75) is 6.92 Å². The van der Waals surface area contributed by atoms with Gasteiger partial charge in [-0.15, -0.1) is 0 Å². The van der Waals surface area contributed by atoms with Crippen LogP contribution in [0.15, 0.2) is 18.2 Å². The first-order valence-electron chi connectivity index (χ1n) is 4.95. The maximum Gasteiger partial charge on any atom is 0.256 e. The van der Waals surface area contributed by atoms with Crippen LogP contribution in [-0.4, -0.2) is 35.6 Å². The SMILES string of the molecule is CCN(CCO)C(=O)c1cc(Cl)ccc1F. The lowest BCUT2D eigenvalue weighted by atomic mass is 10.2. The van der Waals surface area contributed by atoms with Gasteiger partial charge < -0.3 is 10.0 Å². The zero-order chi connectivity index (χ0) is 12.1. The van der Waals surface area contributed by atoms with Gasteiger partial charge in [-0.2, -0.15) is 0 Å². The molecule has 0 saturated heterocycles. The summed E-state index contributed by atoms with van der Waals surface area (Å²) in [6.45, 7) is 2.20. The summed E-state index contributed by atoms with van der Waals surface area (Å²) in [7, 11) is 0. The fraction of sp³-hybridized carbons (Fsp3) is 0.364. The fourth-order valence-corrected chi connectivity index (χ4v) is 1.53. The standard InChI is InChI=1S/C11H13ClFNO2/c1-2-14(5-6-15)11(16)9-7-8(12)3-4-10(9)13/h3-4,7,15H,2,5-6H2,1H3. The van der Waals surface area contributed by atoms with Gasteiger partial charge in [0.25, 0.3) is 5.91 Å². The van der Waals surface area contributed by atoms with Crippen LogP contribution < -0.4 is 0 Å². The summed E-state index contributed by atoms with van der Waals surface area (Å²) in [6.07, 6.45) is 0. The minimum Gasteiger partial charge on any atom is -0.395 e. The smallest absolute Gasteiger partial charge is 0.256 e. The van der Waals surface area contributed by atoms with Crippen LogP contribution in [-0.2, 0) is 0 Å². The summed E-state index contributed by atoms with van der Waals surface area (Å²) >= 11 is 5.70. The van der Waals surface area contributed by atoms with Gasteiger partial charge in [-0.1, -0.05) is 11.6 Å². The number of nitrogens with zero attached hydrogens (tertiary/aromatic N) is 1. The molecule has 88 valence electrons. The zero-order valence-corrected chi connectivity index (χ0v) is 9.67. The van der Waals surface area contributed by atoms with Gasteiger partial charge in [0.05, 0.1) is 12.2 Å². The molecule has 0 aliphatic rings. The number of carbonyl (C=O) groups is 1. The number of carbonyl (C=O) groups excluding carboxylic acids is 1. The summed E-state index contributed by atoms with van der Waals surface area (Å²) in [5.74, 6) is -1.07. The lowest BCUT2D eigenvalue weighted by Crippen LogP contribution is -2.33. The van der Waals surface area contributed by atoms with Gasteiger partial charge in [0.1, 0.15) is 5.82 Å². The molecule has 0 fully saturated rings. The Morgan fingerprint density at radius 2 is 2.25 bits per heavy atom. The van der Waals surface area contributed by atoms with Gasteiger partial charge in [0, 0.05) is 18.1 Å². The predicted octanol–water partition coefficient (Wildman–Crippen LogP) is 1.93. The number of hydrogen-bond acceptors (Lipinski definition) is 2. The second-order valence-electron chi connectivity index (χ2n) is 3.23. The number of aliphatic hydroxyl groups excluding tert-OH is 1.